The Morgan fingerprint density at radius 2 is 1.71 bits per heavy atom. The SMILES string of the molecule is C=CCCCCCCC(C)(NC(=O)OC(C)(C)C)C(=O)O. The van der Waals surface area contributed by atoms with Crippen molar-refractivity contribution in [2.45, 2.75) is 77.4 Å². The van der Waals surface area contributed by atoms with Crippen LogP contribution in [-0.4, -0.2) is 28.3 Å². The van der Waals surface area contributed by atoms with Crippen LogP contribution in [0.4, 0.5) is 4.79 Å². The van der Waals surface area contributed by atoms with Gasteiger partial charge in [-0.2, -0.15) is 0 Å². The smallest absolute Gasteiger partial charge is 0.408 e. The largest absolute Gasteiger partial charge is 0.480 e. The van der Waals surface area contributed by atoms with E-state index in [2.05, 4.69) is 11.9 Å². The zero-order valence-corrected chi connectivity index (χ0v) is 13.7. The lowest BCUT2D eigenvalue weighted by atomic mass is 9.94. The van der Waals surface area contributed by atoms with Crippen molar-refractivity contribution < 1.29 is 19.4 Å². The van der Waals surface area contributed by atoms with Gasteiger partial charge in [0, 0.05) is 0 Å². The molecule has 0 fully saturated rings. The van der Waals surface area contributed by atoms with Crippen molar-refractivity contribution in [1.82, 2.24) is 5.32 Å². The fourth-order valence-corrected chi connectivity index (χ4v) is 1.87. The van der Waals surface area contributed by atoms with Gasteiger partial charge in [0.25, 0.3) is 0 Å². The summed E-state index contributed by atoms with van der Waals surface area (Å²) in [5.74, 6) is -1.04. The molecule has 0 aromatic rings. The molecule has 0 aliphatic rings. The number of hydrogen-bond acceptors (Lipinski definition) is 3. The molecule has 1 amide bonds. The molecule has 0 aliphatic heterocycles. The second-order valence-corrected chi connectivity index (χ2v) is 6.51. The fraction of sp³-hybridized carbons (Fsp3) is 0.750. The van der Waals surface area contributed by atoms with E-state index in [9.17, 15) is 14.7 Å². The molecule has 1 atom stereocenters. The average Bonchev–Trinajstić information content (AvgIpc) is 2.30. The fourth-order valence-electron chi connectivity index (χ4n) is 1.87. The number of hydrogen-bond donors (Lipinski definition) is 2. The lowest BCUT2D eigenvalue weighted by Gasteiger charge is -2.28. The Labute approximate surface area is 127 Å². The second-order valence-electron chi connectivity index (χ2n) is 6.51. The number of carbonyl (C=O) groups is 2. The Morgan fingerprint density at radius 1 is 1.14 bits per heavy atom. The predicted octanol–water partition coefficient (Wildman–Crippen LogP) is 3.88. The van der Waals surface area contributed by atoms with Gasteiger partial charge in [-0.15, -0.1) is 6.58 Å². The molecular formula is C16H29NO4. The summed E-state index contributed by atoms with van der Waals surface area (Å²) in [5, 5.41) is 11.8. The maximum absolute atomic E-state index is 11.7. The van der Waals surface area contributed by atoms with Crippen molar-refractivity contribution in [1.29, 1.82) is 0 Å². The van der Waals surface area contributed by atoms with E-state index in [0.717, 1.165) is 32.1 Å². The number of carboxylic acids is 1. The Morgan fingerprint density at radius 3 is 2.19 bits per heavy atom. The van der Waals surface area contributed by atoms with Gasteiger partial charge >= 0.3 is 12.1 Å². The number of carbonyl (C=O) groups excluding carboxylic acids is 1. The molecule has 0 bridgehead atoms. The minimum absolute atomic E-state index is 0.385. The quantitative estimate of drug-likeness (QED) is 0.500. The van der Waals surface area contributed by atoms with Crippen molar-refractivity contribution in [3.63, 3.8) is 0 Å². The Balaban J connectivity index is 4.33. The standard InChI is InChI=1S/C16H29NO4/c1-6-7-8-9-10-11-12-16(5,13(18)19)17-14(20)21-15(2,3)4/h6H,1,7-12H2,2-5H3,(H,17,20)(H,18,19). The number of allylic oxidation sites excluding steroid dienone is 1. The first-order valence-corrected chi connectivity index (χ1v) is 7.46. The number of aliphatic carboxylic acids is 1. The van der Waals surface area contributed by atoms with Crippen LogP contribution in [-0.2, 0) is 9.53 Å². The van der Waals surface area contributed by atoms with Crippen LogP contribution in [0.1, 0.15) is 66.2 Å². The average molecular weight is 299 g/mol. The van der Waals surface area contributed by atoms with Gasteiger partial charge in [0.1, 0.15) is 11.1 Å². The molecule has 0 aliphatic carbocycles. The maximum atomic E-state index is 11.7. The summed E-state index contributed by atoms with van der Waals surface area (Å²) in [6.07, 6.45) is 6.33. The van der Waals surface area contributed by atoms with Gasteiger partial charge in [0.15, 0.2) is 0 Å². The summed E-state index contributed by atoms with van der Waals surface area (Å²) in [4.78, 5) is 23.2. The highest BCUT2D eigenvalue weighted by Crippen LogP contribution is 2.18. The summed E-state index contributed by atoms with van der Waals surface area (Å²) in [6, 6.07) is 0. The molecule has 1 unspecified atom stereocenters. The Kier molecular flexibility index (Phi) is 8.07. The second kappa shape index (κ2) is 8.70. The maximum Gasteiger partial charge on any atom is 0.408 e. The molecular weight excluding hydrogens is 270 g/mol. The molecule has 0 spiro atoms. The van der Waals surface area contributed by atoms with Gasteiger partial charge < -0.3 is 15.2 Å². The first kappa shape index (κ1) is 19.5. The van der Waals surface area contributed by atoms with Gasteiger partial charge in [-0.1, -0.05) is 25.3 Å². The van der Waals surface area contributed by atoms with E-state index >= 15 is 0 Å². The number of alkyl carbamates (subject to hydrolysis) is 1. The first-order chi connectivity index (χ1) is 9.60. The summed E-state index contributed by atoms with van der Waals surface area (Å²) in [6.45, 7) is 10.4. The van der Waals surface area contributed by atoms with Crippen LogP contribution in [0.25, 0.3) is 0 Å². The number of amides is 1. The van der Waals surface area contributed by atoms with Crippen LogP contribution >= 0.6 is 0 Å². The molecule has 0 aromatic carbocycles. The van der Waals surface area contributed by atoms with E-state index in [1.807, 2.05) is 6.08 Å². The number of unbranched alkanes of at least 4 members (excludes halogenated alkanes) is 4. The van der Waals surface area contributed by atoms with E-state index in [1.165, 1.54) is 6.92 Å². The Bertz CT molecular complexity index is 360. The first-order valence-electron chi connectivity index (χ1n) is 7.46. The van der Waals surface area contributed by atoms with Gasteiger partial charge in [-0.05, 0) is 47.0 Å². The topological polar surface area (TPSA) is 75.6 Å². The molecule has 0 radical (unpaired) electrons. The number of rotatable bonds is 9. The third-order valence-corrected chi connectivity index (χ3v) is 3.08. The van der Waals surface area contributed by atoms with E-state index in [4.69, 9.17) is 4.74 Å². The molecule has 122 valence electrons. The zero-order chi connectivity index (χ0) is 16.5. The number of ether oxygens (including phenoxy) is 1. The highest BCUT2D eigenvalue weighted by molar-refractivity contribution is 5.83. The molecule has 0 rings (SSSR count). The van der Waals surface area contributed by atoms with Crippen LogP contribution in [0, 0.1) is 0 Å². The third-order valence-electron chi connectivity index (χ3n) is 3.08. The van der Waals surface area contributed by atoms with Crippen LogP contribution in [0.15, 0.2) is 12.7 Å². The monoisotopic (exact) mass is 299 g/mol. The summed E-state index contributed by atoms with van der Waals surface area (Å²) in [7, 11) is 0. The lowest BCUT2D eigenvalue weighted by molar-refractivity contribution is -0.144. The van der Waals surface area contributed by atoms with Crippen molar-refractivity contribution in [3.05, 3.63) is 12.7 Å². The minimum atomic E-state index is -1.29. The van der Waals surface area contributed by atoms with Crippen molar-refractivity contribution in [2.75, 3.05) is 0 Å². The normalized spacial score (nSPS) is 14.1. The lowest BCUT2D eigenvalue weighted by Crippen LogP contribution is -2.53. The molecule has 0 saturated carbocycles. The number of carboxylic acid groups (broad SMARTS) is 1. The van der Waals surface area contributed by atoms with Crippen LogP contribution in [0.5, 0.6) is 0 Å². The minimum Gasteiger partial charge on any atom is -0.480 e. The highest BCUT2D eigenvalue weighted by Gasteiger charge is 2.35. The molecule has 0 saturated heterocycles. The van der Waals surface area contributed by atoms with E-state index in [0.29, 0.717) is 6.42 Å². The number of nitrogens with one attached hydrogen (secondary N) is 1. The molecule has 5 nitrogen and oxygen atoms in total. The Hall–Kier alpha value is -1.52. The summed E-state index contributed by atoms with van der Waals surface area (Å²) < 4.78 is 5.12. The predicted molar refractivity (Wildman–Crippen MR) is 83.3 cm³/mol. The van der Waals surface area contributed by atoms with E-state index in [-0.39, 0.29) is 0 Å². The van der Waals surface area contributed by atoms with Gasteiger partial charge in [0.05, 0.1) is 0 Å². The summed E-state index contributed by atoms with van der Waals surface area (Å²) in [5.41, 5.74) is -1.94. The van der Waals surface area contributed by atoms with Crippen molar-refractivity contribution in [2.24, 2.45) is 0 Å². The van der Waals surface area contributed by atoms with E-state index in [1.54, 1.807) is 20.8 Å². The van der Waals surface area contributed by atoms with Crippen molar-refractivity contribution >= 4 is 12.1 Å². The van der Waals surface area contributed by atoms with Gasteiger partial charge in [0.2, 0.25) is 0 Å². The molecule has 0 heterocycles. The van der Waals surface area contributed by atoms with Crippen LogP contribution in [0.3, 0.4) is 0 Å². The van der Waals surface area contributed by atoms with E-state index < -0.39 is 23.2 Å². The highest BCUT2D eigenvalue weighted by atomic mass is 16.6. The molecule has 0 aromatic heterocycles. The molecule has 21 heavy (non-hydrogen) atoms. The zero-order valence-electron chi connectivity index (χ0n) is 13.7. The van der Waals surface area contributed by atoms with Gasteiger partial charge in [-0.25, -0.2) is 9.59 Å². The third kappa shape index (κ3) is 9.10. The van der Waals surface area contributed by atoms with Crippen molar-refractivity contribution in [3.8, 4) is 0 Å². The summed E-state index contributed by atoms with van der Waals surface area (Å²) >= 11 is 0. The molecule has 5 heteroatoms. The molecule has 2 N–H and O–H groups in total. The van der Waals surface area contributed by atoms with Gasteiger partial charge in [-0.3, -0.25) is 0 Å². The van der Waals surface area contributed by atoms with Crippen LogP contribution < -0.4 is 5.32 Å². The van der Waals surface area contributed by atoms with Crippen LogP contribution in [0.2, 0.25) is 0 Å².